The van der Waals surface area contributed by atoms with Crippen LogP contribution >= 0.6 is 0 Å². The fourth-order valence-corrected chi connectivity index (χ4v) is 5.05. The van der Waals surface area contributed by atoms with Crippen LogP contribution in [0.5, 0.6) is 0 Å². The van der Waals surface area contributed by atoms with Crippen LogP contribution < -0.4 is 0 Å². The van der Waals surface area contributed by atoms with Crippen molar-refractivity contribution in [3.8, 4) is 0 Å². The third-order valence-corrected chi connectivity index (χ3v) is 6.99. The van der Waals surface area contributed by atoms with Crippen LogP contribution in [0.1, 0.15) is 57.4 Å². The molecule has 0 bridgehead atoms. The molecular formula is C20H28O5. The summed E-state index contributed by atoms with van der Waals surface area (Å²) in [5, 5.41) is 11.5. The minimum absolute atomic E-state index is 0.0488. The van der Waals surface area contributed by atoms with Crippen LogP contribution in [0.3, 0.4) is 0 Å². The molecule has 1 N–H and O–H groups in total. The number of carbonyl (C=O) groups excluding carboxylic acids is 1. The van der Waals surface area contributed by atoms with Gasteiger partial charge in [-0.3, -0.25) is 4.79 Å². The molecule has 1 aliphatic heterocycles. The molecule has 25 heavy (non-hydrogen) atoms. The summed E-state index contributed by atoms with van der Waals surface area (Å²) in [6.45, 7) is 9.81. The quantitative estimate of drug-likeness (QED) is 0.671. The predicted molar refractivity (Wildman–Crippen MR) is 90.8 cm³/mol. The normalized spacial score (nSPS) is 42.8. The molecule has 2 fully saturated rings. The van der Waals surface area contributed by atoms with Gasteiger partial charge in [-0.15, -0.1) is 0 Å². The first-order valence-electron chi connectivity index (χ1n) is 9.33. The highest BCUT2D eigenvalue weighted by Gasteiger charge is 2.79. The number of furan rings is 1. The number of esters is 1. The van der Waals surface area contributed by atoms with E-state index < -0.39 is 11.4 Å². The van der Waals surface area contributed by atoms with Gasteiger partial charge in [0.1, 0.15) is 17.5 Å². The molecule has 1 saturated carbocycles. The lowest BCUT2D eigenvalue weighted by Gasteiger charge is -2.52. The van der Waals surface area contributed by atoms with Crippen LogP contribution in [0.2, 0.25) is 0 Å². The first-order chi connectivity index (χ1) is 11.6. The molecule has 1 saturated heterocycles. The summed E-state index contributed by atoms with van der Waals surface area (Å²) >= 11 is 0. The smallest absolute Gasteiger partial charge is 0.311 e. The third kappa shape index (κ3) is 2.18. The Kier molecular flexibility index (Phi) is 3.49. The zero-order chi connectivity index (χ0) is 18.2. The third-order valence-electron chi connectivity index (χ3n) is 6.99. The van der Waals surface area contributed by atoms with Gasteiger partial charge in [-0.05, 0) is 49.7 Å². The minimum atomic E-state index is -1.23. The molecule has 5 nitrogen and oxygen atoms in total. The SMILES string of the molecule is CCC(C)C(=O)OC12OC1CC1(C)Cc3occ(C)c3CC1C2(C)O. The first-order valence-corrected chi connectivity index (χ1v) is 9.33. The van der Waals surface area contributed by atoms with E-state index in [9.17, 15) is 9.90 Å². The van der Waals surface area contributed by atoms with Gasteiger partial charge in [-0.1, -0.05) is 20.8 Å². The van der Waals surface area contributed by atoms with Crippen LogP contribution in [-0.4, -0.2) is 28.6 Å². The molecule has 0 amide bonds. The van der Waals surface area contributed by atoms with Gasteiger partial charge in [-0.2, -0.15) is 0 Å². The van der Waals surface area contributed by atoms with Gasteiger partial charge in [0.05, 0.1) is 12.2 Å². The molecule has 0 radical (unpaired) electrons. The standard InChI is InChI=1S/C20H28O5/c1-6-11(2)17(21)25-20-16(24-20)9-18(4)8-14-13(12(3)10-23-14)7-15(18)19(20,5)22/h10-11,15-16,22H,6-9H2,1-5H3. The van der Waals surface area contributed by atoms with Crippen molar-refractivity contribution < 1.29 is 23.8 Å². The van der Waals surface area contributed by atoms with E-state index >= 15 is 0 Å². The molecule has 0 spiro atoms. The maximum Gasteiger partial charge on any atom is 0.311 e. The number of carbonyl (C=O) groups is 1. The average molecular weight is 348 g/mol. The molecule has 2 heterocycles. The Hall–Kier alpha value is -1.33. The number of epoxide rings is 1. The van der Waals surface area contributed by atoms with Gasteiger partial charge >= 0.3 is 5.97 Å². The monoisotopic (exact) mass is 348 g/mol. The van der Waals surface area contributed by atoms with E-state index in [4.69, 9.17) is 13.9 Å². The summed E-state index contributed by atoms with van der Waals surface area (Å²) in [5.41, 5.74) is 0.950. The van der Waals surface area contributed by atoms with Crippen molar-refractivity contribution in [2.24, 2.45) is 17.3 Å². The van der Waals surface area contributed by atoms with Gasteiger partial charge < -0.3 is 19.0 Å². The maximum atomic E-state index is 12.4. The van der Waals surface area contributed by atoms with Crippen molar-refractivity contribution >= 4 is 5.97 Å². The van der Waals surface area contributed by atoms with Gasteiger partial charge in [0.25, 0.3) is 5.79 Å². The Balaban J connectivity index is 1.67. The number of fused-ring (bicyclic) bond motifs is 3. The van der Waals surface area contributed by atoms with E-state index in [1.807, 2.05) is 20.8 Å². The van der Waals surface area contributed by atoms with Crippen LogP contribution in [0, 0.1) is 24.2 Å². The molecule has 5 heteroatoms. The Morgan fingerprint density at radius 3 is 2.88 bits per heavy atom. The van der Waals surface area contributed by atoms with Crippen molar-refractivity contribution in [1.29, 1.82) is 0 Å². The fourth-order valence-electron chi connectivity index (χ4n) is 5.05. The second kappa shape index (κ2) is 5.10. The Labute approximate surface area is 148 Å². The Bertz CT molecular complexity index is 720. The van der Waals surface area contributed by atoms with E-state index in [1.165, 1.54) is 5.56 Å². The maximum absolute atomic E-state index is 12.4. The fraction of sp³-hybridized carbons (Fsp3) is 0.750. The molecule has 3 aliphatic rings. The lowest BCUT2D eigenvalue weighted by atomic mass is 9.54. The molecule has 0 aromatic carbocycles. The van der Waals surface area contributed by atoms with E-state index in [0.29, 0.717) is 6.42 Å². The highest BCUT2D eigenvalue weighted by molar-refractivity contribution is 5.73. The largest absolute Gasteiger partial charge is 0.469 e. The number of rotatable bonds is 3. The Morgan fingerprint density at radius 2 is 2.20 bits per heavy atom. The topological polar surface area (TPSA) is 72.2 Å². The van der Waals surface area contributed by atoms with E-state index in [-0.39, 0.29) is 29.3 Å². The number of hydrogen-bond donors (Lipinski definition) is 1. The van der Waals surface area contributed by atoms with E-state index in [1.54, 1.807) is 13.2 Å². The van der Waals surface area contributed by atoms with E-state index in [2.05, 4.69) is 6.92 Å². The number of ether oxygens (including phenoxy) is 2. The summed E-state index contributed by atoms with van der Waals surface area (Å²) in [5.74, 6) is -0.696. The van der Waals surface area contributed by atoms with Gasteiger partial charge in [0.2, 0.25) is 0 Å². The van der Waals surface area contributed by atoms with Crippen molar-refractivity contribution in [3.63, 3.8) is 0 Å². The molecule has 4 rings (SSSR count). The van der Waals surface area contributed by atoms with Gasteiger partial charge in [-0.25, -0.2) is 0 Å². The van der Waals surface area contributed by atoms with Crippen LogP contribution in [0.4, 0.5) is 0 Å². The molecule has 1 aromatic heterocycles. The van der Waals surface area contributed by atoms with Crippen molar-refractivity contribution in [3.05, 3.63) is 23.2 Å². The summed E-state index contributed by atoms with van der Waals surface area (Å²) in [6, 6.07) is 0. The predicted octanol–water partition coefficient (Wildman–Crippen LogP) is 3.15. The molecule has 6 atom stereocenters. The average Bonchev–Trinajstić information content (AvgIpc) is 3.12. The minimum Gasteiger partial charge on any atom is -0.469 e. The van der Waals surface area contributed by atoms with Crippen LogP contribution in [-0.2, 0) is 27.1 Å². The zero-order valence-corrected chi connectivity index (χ0v) is 15.7. The first kappa shape index (κ1) is 17.1. The molecule has 1 aromatic rings. The van der Waals surface area contributed by atoms with Gasteiger partial charge in [0.15, 0.2) is 0 Å². The summed E-state index contributed by atoms with van der Waals surface area (Å²) < 4.78 is 17.4. The number of aliphatic hydroxyl groups is 1. The second-order valence-electron chi connectivity index (χ2n) is 8.76. The summed E-state index contributed by atoms with van der Waals surface area (Å²) in [4.78, 5) is 12.4. The summed E-state index contributed by atoms with van der Waals surface area (Å²) in [6.07, 6.45) is 4.54. The highest BCUT2D eigenvalue weighted by Crippen LogP contribution is 2.65. The molecular weight excluding hydrogens is 320 g/mol. The lowest BCUT2D eigenvalue weighted by Crippen LogP contribution is -2.63. The van der Waals surface area contributed by atoms with Crippen LogP contribution in [0.15, 0.2) is 10.7 Å². The van der Waals surface area contributed by atoms with Crippen molar-refractivity contribution in [2.75, 3.05) is 0 Å². The zero-order valence-electron chi connectivity index (χ0n) is 15.7. The number of hydrogen-bond acceptors (Lipinski definition) is 5. The highest BCUT2D eigenvalue weighted by atomic mass is 16.8. The van der Waals surface area contributed by atoms with Gasteiger partial charge in [0, 0.05) is 12.3 Å². The van der Waals surface area contributed by atoms with Crippen molar-refractivity contribution in [1.82, 2.24) is 0 Å². The van der Waals surface area contributed by atoms with Crippen molar-refractivity contribution in [2.45, 2.75) is 77.8 Å². The molecule has 138 valence electrons. The molecule has 6 unspecified atom stereocenters. The lowest BCUT2D eigenvalue weighted by molar-refractivity contribution is -0.225. The van der Waals surface area contributed by atoms with E-state index in [0.717, 1.165) is 30.6 Å². The second-order valence-corrected chi connectivity index (χ2v) is 8.76. The summed E-state index contributed by atoms with van der Waals surface area (Å²) in [7, 11) is 0. The Morgan fingerprint density at radius 1 is 1.48 bits per heavy atom. The van der Waals surface area contributed by atoms with Crippen LogP contribution in [0.25, 0.3) is 0 Å². The molecule has 2 aliphatic carbocycles. The number of aryl methyl sites for hydroxylation is 1.